The van der Waals surface area contributed by atoms with Gasteiger partial charge >= 0.3 is 5.97 Å². The molecule has 2 fully saturated rings. The fraction of sp³-hybridized carbons (Fsp3) is 0.643. The third-order valence-corrected chi connectivity index (χ3v) is 4.17. The summed E-state index contributed by atoms with van der Waals surface area (Å²) in [4.78, 5) is 29.9. The van der Waals surface area contributed by atoms with E-state index < -0.39 is 11.9 Å². The van der Waals surface area contributed by atoms with Crippen molar-refractivity contribution < 1.29 is 14.6 Å². The van der Waals surface area contributed by atoms with Gasteiger partial charge in [0, 0.05) is 25.0 Å². The Morgan fingerprint density at radius 1 is 1.52 bits per heavy atom. The highest BCUT2D eigenvalue weighted by atomic mass is 16.5. The first-order valence-corrected chi connectivity index (χ1v) is 7.27. The summed E-state index contributed by atoms with van der Waals surface area (Å²) in [6, 6.07) is -0.0733. The maximum Gasteiger partial charge on any atom is 0.311 e. The van der Waals surface area contributed by atoms with Crippen molar-refractivity contribution in [1.29, 1.82) is 0 Å². The van der Waals surface area contributed by atoms with Crippen LogP contribution in [0.5, 0.6) is 0 Å². The number of anilines is 1. The molecule has 2 heterocycles. The standard InChI is InChI=1S/C14H19N3O4/c1-2-16(11-8-21-7-10(11)14(19)20)12-13(18)17(6-5-15-12)9-3-4-9/h5-6,9-11H,2-4,7-8H2,1H3,(H,19,20). The molecule has 1 N–H and O–H groups in total. The lowest BCUT2D eigenvalue weighted by atomic mass is 10.0. The molecule has 0 spiro atoms. The average Bonchev–Trinajstić information content (AvgIpc) is 3.19. The Morgan fingerprint density at radius 3 is 2.90 bits per heavy atom. The Kier molecular flexibility index (Phi) is 3.67. The van der Waals surface area contributed by atoms with Crippen molar-refractivity contribution in [3.05, 3.63) is 22.7 Å². The van der Waals surface area contributed by atoms with Crippen molar-refractivity contribution in [3.63, 3.8) is 0 Å². The highest BCUT2D eigenvalue weighted by Crippen LogP contribution is 2.33. The lowest BCUT2D eigenvalue weighted by molar-refractivity contribution is -0.141. The first-order valence-electron chi connectivity index (χ1n) is 7.27. The third-order valence-electron chi connectivity index (χ3n) is 4.17. The molecule has 114 valence electrons. The fourth-order valence-electron chi connectivity index (χ4n) is 2.88. The van der Waals surface area contributed by atoms with Gasteiger partial charge in [0.1, 0.15) is 5.92 Å². The molecule has 1 saturated heterocycles. The molecule has 1 aliphatic heterocycles. The maximum absolute atomic E-state index is 12.6. The first kappa shape index (κ1) is 14.1. The van der Waals surface area contributed by atoms with Gasteiger partial charge in [0.05, 0.1) is 19.3 Å². The Balaban J connectivity index is 1.95. The molecule has 0 amide bonds. The quantitative estimate of drug-likeness (QED) is 0.851. The zero-order valence-electron chi connectivity index (χ0n) is 11.9. The molecule has 7 heteroatoms. The van der Waals surface area contributed by atoms with Crippen LogP contribution in [-0.2, 0) is 9.53 Å². The lowest BCUT2D eigenvalue weighted by Gasteiger charge is -2.29. The van der Waals surface area contributed by atoms with Gasteiger partial charge in [-0.25, -0.2) is 4.98 Å². The number of likely N-dealkylation sites (N-methyl/N-ethyl adjacent to an activating group) is 1. The van der Waals surface area contributed by atoms with Crippen LogP contribution >= 0.6 is 0 Å². The van der Waals surface area contributed by atoms with Crippen LogP contribution in [-0.4, -0.2) is 46.4 Å². The van der Waals surface area contributed by atoms with Gasteiger partial charge in [0.15, 0.2) is 5.82 Å². The van der Waals surface area contributed by atoms with E-state index in [-0.39, 0.29) is 24.2 Å². The smallest absolute Gasteiger partial charge is 0.311 e. The second-order valence-corrected chi connectivity index (χ2v) is 5.53. The molecule has 21 heavy (non-hydrogen) atoms. The van der Waals surface area contributed by atoms with E-state index in [4.69, 9.17) is 4.74 Å². The van der Waals surface area contributed by atoms with Crippen molar-refractivity contribution in [2.45, 2.75) is 31.8 Å². The van der Waals surface area contributed by atoms with Gasteiger partial charge in [-0.3, -0.25) is 9.59 Å². The largest absolute Gasteiger partial charge is 0.481 e. The molecule has 2 atom stereocenters. The predicted molar refractivity (Wildman–Crippen MR) is 75.5 cm³/mol. The van der Waals surface area contributed by atoms with E-state index in [9.17, 15) is 14.7 Å². The molecular weight excluding hydrogens is 274 g/mol. The summed E-state index contributed by atoms with van der Waals surface area (Å²) in [7, 11) is 0. The molecule has 2 aliphatic rings. The van der Waals surface area contributed by atoms with E-state index in [0.29, 0.717) is 19.0 Å². The van der Waals surface area contributed by atoms with Crippen LogP contribution in [0.1, 0.15) is 25.8 Å². The average molecular weight is 293 g/mol. The van der Waals surface area contributed by atoms with E-state index in [2.05, 4.69) is 4.98 Å². The van der Waals surface area contributed by atoms with E-state index in [1.807, 2.05) is 6.92 Å². The van der Waals surface area contributed by atoms with Crippen LogP contribution in [0.15, 0.2) is 17.2 Å². The number of rotatable bonds is 5. The second-order valence-electron chi connectivity index (χ2n) is 5.53. The number of hydrogen-bond acceptors (Lipinski definition) is 5. The van der Waals surface area contributed by atoms with Gasteiger partial charge in [-0.05, 0) is 19.8 Å². The summed E-state index contributed by atoms with van der Waals surface area (Å²) < 4.78 is 7.01. The molecule has 0 aromatic carbocycles. The van der Waals surface area contributed by atoms with Gasteiger partial charge in [-0.2, -0.15) is 0 Å². The lowest BCUT2D eigenvalue weighted by Crippen LogP contribution is -2.46. The van der Waals surface area contributed by atoms with Gasteiger partial charge in [-0.15, -0.1) is 0 Å². The third kappa shape index (κ3) is 2.53. The molecule has 1 aromatic rings. The van der Waals surface area contributed by atoms with Crippen molar-refractivity contribution >= 4 is 11.8 Å². The second kappa shape index (κ2) is 5.48. The van der Waals surface area contributed by atoms with Gasteiger partial charge in [-0.1, -0.05) is 0 Å². The zero-order chi connectivity index (χ0) is 15.0. The molecule has 1 aromatic heterocycles. The topological polar surface area (TPSA) is 84.7 Å². The monoisotopic (exact) mass is 293 g/mol. The number of nitrogens with zero attached hydrogens (tertiary/aromatic N) is 3. The minimum Gasteiger partial charge on any atom is -0.481 e. The molecular formula is C14H19N3O4. The van der Waals surface area contributed by atoms with Crippen molar-refractivity contribution in [2.75, 3.05) is 24.7 Å². The van der Waals surface area contributed by atoms with Crippen LogP contribution in [0.4, 0.5) is 5.82 Å². The minimum absolute atomic E-state index is 0.141. The van der Waals surface area contributed by atoms with Crippen LogP contribution in [0.25, 0.3) is 0 Å². The molecule has 1 saturated carbocycles. The molecule has 3 rings (SSSR count). The van der Waals surface area contributed by atoms with Crippen molar-refractivity contribution in [3.8, 4) is 0 Å². The number of hydrogen-bond donors (Lipinski definition) is 1. The normalized spacial score (nSPS) is 25.0. The molecule has 2 unspecified atom stereocenters. The number of carbonyl (C=O) groups is 1. The molecule has 0 radical (unpaired) electrons. The van der Waals surface area contributed by atoms with Gasteiger partial charge < -0.3 is 19.3 Å². The van der Waals surface area contributed by atoms with E-state index in [1.54, 1.807) is 21.9 Å². The van der Waals surface area contributed by atoms with E-state index in [0.717, 1.165) is 12.8 Å². The fourth-order valence-corrected chi connectivity index (χ4v) is 2.88. The van der Waals surface area contributed by atoms with Crippen LogP contribution < -0.4 is 10.5 Å². The Bertz CT molecular complexity index is 596. The summed E-state index contributed by atoms with van der Waals surface area (Å²) >= 11 is 0. The number of ether oxygens (including phenoxy) is 1. The van der Waals surface area contributed by atoms with E-state index in [1.165, 1.54) is 0 Å². The molecule has 0 bridgehead atoms. The van der Waals surface area contributed by atoms with Crippen LogP contribution in [0.3, 0.4) is 0 Å². The minimum atomic E-state index is -0.894. The highest BCUT2D eigenvalue weighted by molar-refractivity contribution is 5.72. The van der Waals surface area contributed by atoms with Crippen molar-refractivity contribution in [2.24, 2.45) is 5.92 Å². The summed E-state index contributed by atoms with van der Waals surface area (Å²) in [6.07, 6.45) is 5.35. The van der Waals surface area contributed by atoms with Gasteiger partial charge in [0.2, 0.25) is 0 Å². The Morgan fingerprint density at radius 2 is 2.29 bits per heavy atom. The predicted octanol–water partition coefficient (Wildman–Crippen LogP) is 0.504. The highest BCUT2D eigenvalue weighted by Gasteiger charge is 2.39. The Hall–Kier alpha value is -1.89. The summed E-state index contributed by atoms with van der Waals surface area (Å²) in [5, 5.41) is 9.29. The SMILES string of the molecule is CCN(c1nccn(C2CC2)c1=O)C1COCC1C(=O)O. The van der Waals surface area contributed by atoms with Crippen molar-refractivity contribution in [1.82, 2.24) is 9.55 Å². The number of carboxylic acid groups (broad SMARTS) is 1. The number of aromatic nitrogens is 2. The molecule has 1 aliphatic carbocycles. The maximum atomic E-state index is 12.6. The van der Waals surface area contributed by atoms with Crippen LogP contribution in [0, 0.1) is 5.92 Å². The van der Waals surface area contributed by atoms with Crippen LogP contribution in [0.2, 0.25) is 0 Å². The Labute approximate surface area is 122 Å². The number of aliphatic carboxylic acids is 1. The summed E-state index contributed by atoms with van der Waals surface area (Å²) in [6.45, 7) is 2.91. The first-order chi connectivity index (χ1) is 10.1. The van der Waals surface area contributed by atoms with E-state index >= 15 is 0 Å². The molecule has 7 nitrogen and oxygen atoms in total. The summed E-state index contributed by atoms with van der Waals surface area (Å²) in [5.74, 6) is -1.19. The summed E-state index contributed by atoms with van der Waals surface area (Å²) in [5.41, 5.74) is -0.141. The number of carboxylic acids is 1. The van der Waals surface area contributed by atoms with Gasteiger partial charge in [0.25, 0.3) is 5.56 Å². The zero-order valence-corrected chi connectivity index (χ0v) is 11.9.